The summed E-state index contributed by atoms with van der Waals surface area (Å²) < 4.78 is 25.4. The van der Waals surface area contributed by atoms with E-state index in [1.54, 1.807) is 4.90 Å². The average molecular weight is 349 g/mol. The zero-order chi connectivity index (χ0) is 17.4. The fourth-order valence-corrected chi connectivity index (χ4v) is 3.67. The largest absolute Gasteiger partial charge is 0.342 e. The van der Waals surface area contributed by atoms with Crippen molar-refractivity contribution in [2.75, 3.05) is 13.1 Å². The van der Waals surface area contributed by atoms with Gasteiger partial charge in [-0.15, -0.1) is 0 Å². The number of halogens is 2. The summed E-state index contributed by atoms with van der Waals surface area (Å²) in [6.45, 7) is 1.25. The molecule has 1 aromatic heterocycles. The van der Waals surface area contributed by atoms with Crippen LogP contribution in [0.3, 0.4) is 0 Å². The Morgan fingerprint density at radius 2 is 1.96 bits per heavy atom. The number of alkyl halides is 2. The van der Waals surface area contributed by atoms with Crippen molar-refractivity contribution < 1.29 is 13.6 Å². The number of nitrogens with one attached hydrogen (secondary N) is 3. The van der Waals surface area contributed by atoms with E-state index < -0.39 is 18.5 Å². The Bertz CT molecular complexity index is 723. The number of carbonyl (C=O) groups excluding carboxylic acids is 1. The molecule has 2 saturated heterocycles. The summed E-state index contributed by atoms with van der Waals surface area (Å²) in [4.78, 5) is 22.3. The number of piperidine rings is 1. The Labute approximate surface area is 144 Å². The van der Waals surface area contributed by atoms with Gasteiger partial charge in [0, 0.05) is 19.0 Å². The molecule has 8 heteroatoms. The van der Waals surface area contributed by atoms with Crippen LogP contribution in [0, 0.1) is 0 Å². The van der Waals surface area contributed by atoms with Crippen molar-refractivity contribution in [3.05, 3.63) is 30.1 Å². The second kappa shape index (κ2) is 6.68. The highest BCUT2D eigenvalue weighted by molar-refractivity contribution is 5.82. The summed E-state index contributed by atoms with van der Waals surface area (Å²) in [5.41, 5.74) is 7.20. The number of hydrogen-bond acceptors (Lipinski definition) is 4. The lowest BCUT2D eigenvalue weighted by atomic mass is 9.95. The molecule has 2 aromatic rings. The van der Waals surface area contributed by atoms with Crippen molar-refractivity contribution >= 4 is 16.9 Å². The first-order valence-corrected chi connectivity index (χ1v) is 8.64. The molecule has 2 atom stereocenters. The fraction of sp³-hybridized carbons (Fsp3) is 0.529. The van der Waals surface area contributed by atoms with Gasteiger partial charge in [0.15, 0.2) is 0 Å². The number of H-pyrrole nitrogens is 1. The van der Waals surface area contributed by atoms with Gasteiger partial charge < -0.3 is 9.88 Å². The first kappa shape index (κ1) is 16.4. The molecule has 0 bridgehead atoms. The molecular weight excluding hydrogens is 328 g/mol. The highest BCUT2D eigenvalue weighted by atomic mass is 19.3. The molecule has 1 aromatic carbocycles. The SMILES string of the molecule is O=C(C1CC(C(F)F)NN1)N1CCC(c2nc3ccccc3[nH]2)CC1. The molecule has 3 heterocycles. The standard InChI is InChI=1S/C17H21F2N5O/c18-15(19)13-9-14(23-22-13)17(25)24-7-5-10(6-8-24)16-20-11-3-1-2-4-12(11)21-16/h1-4,10,13-15,22-23H,5-9H2,(H,20,21). The maximum absolute atomic E-state index is 12.7. The van der Waals surface area contributed by atoms with Crippen LogP contribution in [0.2, 0.25) is 0 Å². The molecule has 4 rings (SSSR count). The van der Waals surface area contributed by atoms with Gasteiger partial charge in [-0.2, -0.15) is 0 Å². The fourth-order valence-electron chi connectivity index (χ4n) is 3.67. The molecule has 1 amide bonds. The molecule has 2 fully saturated rings. The van der Waals surface area contributed by atoms with Crippen LogP contribution in [0.4, 0.5) is 8.78 Å². The summed E-state index contributed by atoms with van der Waals surface area (Å²) in [7, 11) is 0. The van der Waals surface area contributed by atoms with Crippen LogP contribution >= 0.6 is 0 Å². The summed E-state index contributed by atoms with van der Waals surface area (Å²) >= 11 is 0. The lowest BCUT2D eigenvalue weighted by Gasteiger charge is -2.32. The van der Waals surface area contributed by atoms with Gasteiger partial charge in [0.1, 0.15) is 11.9 Å². The van der Waals surface area contributed by atoms with Crippen LogP contribution in [-0.4, -0.2) is 52.4 Å². The van der Waals surface area contributed by atoms with Crippen LogP contribution in [0.25, 0.3) is 11.0 Å². The third-order valence-electron chi connectivity index (χ3n) is 5.14. The van der Waals surface area contributed by atoms with E-state index >= 15 is 0 Å². The monoisotopic (exact) mass is 349 g/mol. The zero-order valence-electron chi connectivity index (χ0n) is 13.7. The van der Waals surface area contributed by atoms with Gasteiger partial charge in [0.25, 0.3) is 6.43 Å². The van der Waals surface area contributed by atoms with Crippen LogP contribution in [0.15, 0.2) is 24.3 Å². The number of amides is 1. The summed E-state index contributed by atoms with van der Waals surface area (Å²) in [6.07, 6.45) is -0.697. The molecule has 6 nitrogen and oxygen atoms in total. The minimum Gasteiger partial charge on any atom is -0.342 e. The maximum atomic E-state index is 12.7. The lowest BCUT2D eigenvalue weighted by molar-refractivity contribution is -0.134. The van der Waals surface area contributed by atoms with E-state index in [1.807, 2.05) is 24.3 Å². The zero-order valence-corrected chi connectivity index (χ0v) is 13.7. The van der Waals surface area contributed by atoms with Gasteiger partial charge in [-0.05, 0) is 31.4 Å². The number of imidazole rings is 1. The Morgan fingerprint density at radius 3 is 2.64 bits per heavy atom. The molecule has 0 spiro atoms. The highest BCUT2D eigenvalue weighted by Crippen LogP contribution is 2.28. The number of aromatic nitrogens is 2. The van der Waals surface area contributed by atoms with E-state index in [1.165, 1.54) is 0 Å². The number of aromatic amines is 1. The summed E-state index contributed by atoms with van der Waals surface area (Å²) in [6, 6.07) is 6.39. The molecule has 0 saturated carbocycles. The number of nitrogens with zero attached hydrogens (tertiary/aromatic N) is 2. The van der Waals surface area contributed by atoms with Crippen LogP contribution in [0.1, 0.15) is 31.0 Å². The molecule has 3 N–H and O–H groups in total. The quantitative estimate of drug-likeness (QED) is 0.790. The maximum Gasteiger partial charge on any atom is 0.255 e. The van der Waals surface area contributed by atoms with E-state index in [4.69, 9.17) is 0 Å². The van der Waals surface area contributed by atoms with Crippen molar-refractivity contribution in [2.45, 2.75) is 43.7 Å². The normalized spacial score (nSPS) is 25.2. The first-order chi connectivity index (χ1) is 12.1. The van der Waals surface area contributed by atoms with E-state index in [9.17, 15) is 13.6 Å². The number of para-hydroxylation sites is 2. The number of fused-ring (bicyclic) bond motifs is 1. The van der Waals surface area contributed by atoms with Gasteiger partial charge in [-0.3, -0.25) is 4.79 Å². The molecule has 2 aliphatic rings. The molecule has 2 aliphatic heterocycles. The van der Waals surface area contributed by atoms with Gasteiger partial charge in [-0.25, -0.2) is 24.6 Å². The smallest absolute Gasteiger partial charge is 0.255 e. The van der Waals surface area contributed by atoms with E-state index in [-0.39, 0.29) is 12.3 Å². The topological polar surface area (TPSA) is 73.1 Å². The number of rotatable bonds is 3. The number of likely N-dealkylation sites (tertiary alicyclic amines) is 1. The molecule has 0 radical (unpaired) electrons. The van der Waals surface area contributed by atoms with Gasteiger partial charge in [-0.1, -0.05) is 12.1 Å². The van der Waals surface area contributed by atoms with Crippen molar-refractivity contribution in [2.24, 2.45) is 0 Å². The van der Waals surface area contributed by atoms with Gasteiger partial charge in [0.05, 0.1) is 17.1 Å². The molecule has 134 valence electrons. The highest BCUT2D eigenvalue weighted by Gasteiger charge is 2.37. The molecular formula is C17H21F2N5O. The van der Waals surface area contributed by atoms with Crippen molar-refractivity contribution in [3.8, 4) is 0 Å². The van der Waals surface area contributed by atoms with E-state index in [0.29, 0.717) is 19.0 Å². The van der Waals surface area contributed by atoms with Crippen LogP contribution in [0.5, 0.6) is 0 Å². The molecule has 25 heavy (non-hydrogen) atoms. The number of hydrazine groups is 1. The number of benzene rings is 1. The Kier molecular flexibility index (Phi) is 4.39. The number of hydrogen-bond donors (Lipinski definition) is 3. The third kappa shape index (κ3) is 3.23. The Hall–Kier alpha value is -2.06. The minimum absolute atomic E-state index is 0.0984. The summed E-state index contributed by atoms with van der Waals surface area (Å²) in [5, 5.41) is 0. The third-order valence-corrected chi connectivity index (χ3v) is 5.14. The van der Waals surface area contributed by atoms with Gasteiger partial charge >= 0.3 is 0 Å². The van der Waals surface area contributed by atoms with E-state index in [2.05, 4.69) is 20.8 Å². The van der Waals surface area contributed by atoms with Crippen molar-refractivity contribution in [3.63, 3.8) is 0 Å². The first-order valence-electron chi connectivity index (χ1n) is 8.64. The predicted molar refractivity (Wildman–Crippen MR) is 89.1 cm³/mol. The van der Waals surface area contributed by atoms with Gasteiger partial charge in [0.2, 0.25) is 5.91 Å². The second-order valence-corrected chi connectivity index (χ2v) is 6.76. The van der Waals surface area contributed by atoms with Crippen LogP contribution in [-0.2, 0) is 4.79 Å². The van der Waals surface area contributed by atoms with Crippen molar-refractivity contribution in [1.82, 2.24) is 25.7 Å². The molecule has 0 aliphatic carbocycles. The molecule has 2 unspecified atom stereocenters. The second-order valence-electron chi connectivity index (χ2n) is 6.76. The summed E-state index contributed by atoms with van der Waals surface area (Å²) in [5.74, 6) is 1.16. The van der Waals surface area contributed by atoms with Crippen molar-refractivity contribution in [1.29, 1.82) is 0 Å². The predicted octanol–water partition coefficient (Wildman–Crippen LogP) is 1.77. The Morgan fingerprint density at radius 1 is 1.20 bits per heavy atom. The van der Waals surface area contributed by atoms with E-state index in [0.717, 1.165) is 29.7 Å². The number of carbonyl (C=O) groups is 1. The van der Waals surface area contributed by atoms with Crippen LogP contribution < -0.4 is 10.9 Å². The lowest BCUT2D eigenvalue weighted by Crippen LogP contribution is -2.48. The Balaban J connectivity index is 1.36. The minimum atomic E-state index is -2.47. The average Bonchev–Trinajstić information content (AvgIpc) is 3.28.